The van der Waals surface area contributed by atoms with Crippen molar-refractivity contribution in [2.75, 3.05) is 20.6 Å². The van der Waals surface area contributed by atoms with Crippen molar-refractivity contribution in [1.29, 1.82) is 0 Å². The number of carboxylic acids is 1. The molecule has 25 heavy (non-hydrogen) atoms. The van der Waals surface area contributed by atoms with Gasteiger partial charge in [0.1, 0.15) is 0 Å². The molecule has 0 aromatic rings. The summed E-state index contributed by atoms with van der Waals surface area (Å²) in [4.78, 5) is 12.3. The molecule has 0 aliphatic rings. The topological polar surface area (TPSA) is 40.5 Å². The highest BCUT2D eigenvalue weighted by Gasteiger charge is 1.95. The Morgan fingerprint density at radius 3 is 1.36 bits per heavy atom. The summed E-state index contributed by atoms with van der Waals surface area (Å²) in [6, 6.07) is 0. The van der Waals surface area contributed by atoms with Crippen molar-refractivity contribution >= 4 is 5.97 Å². The Morgan fingerprint density at radius 2 is 1.00 bits per heavy atom. The van der Waals surface area contributed by atoms with E-state index in [1.165, 1.54) is 90.0 Å². The molecule has 0 saturated heterocycles. The average molecular weight is 358 g/mol. The molecule has 0 unspecified atom stereocenters. The van der Waals surface area contributed by atoms with Gasteiger partial charge in [-0.3, -0.25) is 4.79 Å². The van der Waals surface area contributed by atoms with Crippen molar-refractivity contribution in [3.8, 4) is 0 Å². The SMILES string of the molecule is CCCCCCCC(=O)O.CCCCCCCCCCCCN(C)C. The minimum Gasteiger partial charge on any atom is -0.481 e. The van der Waals surface area contributed by atoms with Crippen molar-refractivity contribution in [2.24, 2.45) is 0 Å². The van der Waals surface area contributed by atoms with E-state index in [4.69, 9.17) is 5.11 Å². The molecule has 0 rings (SSSR count). The van der Waals surface area contributed by atoms with Crippen LogP contribution in [0, 0.1) is 0 Å². The molecule has 3 heteroatoms. The molecule has 0 radical (unpaired) electrons. The normalized spacial score (nSPS) is 10.6. The number of carboxylic acid groups (broad SMARTS) is 1. The molecule has 0 saturated carbocycles. The molecule has 1 N–H and O–H groups in total. The van der Waals surface area contributed by atoms with E-state index < -0.39 is 5.97 Å². The highest BCUT2D eigenvalue weighted by molar-refractivity contribution is 5.66. The minimum absolute atomic E-state index is 0.337. The second kappa shape index (κ2) is 23.4. The molecule has 0 heterocycles. The lowest BCUT2D eigenvalue weighted by Gasteiger charge is -2.08. The first-order valence-corrected chi connectivity index (χ1v) is 10.9. The van der Waals surface area contributed by atoms with E-state index in [0.29, 0.717) is 6.42 Å². The van der Waals surface area contributed by atoms with Crippen molar-refractivity contribution in [3.63, 3.8) is 0 Å². The molecule has 3 nitrogen and oxygen atoms in total. The predicted molar refractivity (Wildman–Crippen MR) is 111 cm³/mol. The van der Waals surface area contributed by atoms with Crippen LogP contribution in [0.3, 0.4) is 0 Å². The van der Waals surface area contributed by atoms with Crippen LogP contribution in [0.1, 0.15) is 117 Å². The lowest BCUT2D eigenvalue weighted by atomic mass is 10.1. The molecular weight excluding hydrogens is 310 g/mol. The summed E-state index contributed by atoms with van der Waals surface area (Å²) in [5.41, 5.74) is 0. The van der Waals surface area contributed by atoms with Gasteiger partial charge in [0.05, 0.1) is 0 Å². The standard InChI is InChI=1S/C14H31N.C8H16O2/c1-4-5-6-7-8-9-10-11-12-13-14-15(2)3;1-2-3-4-5-6-7-8(9)10/h4-14H2,1-3H3;2-7H2,1H3,(H,9,10). The first kappa shape index (κ1) is 26.7. The summed E-state index contributed by atoms with van der Waals surface area (Å²) >= 11 is 0. The molecule has 0 aromatic carbocycles. The summed E-state index contributed by atoms with van der Waals surface area (Å²) in [5.74, 6) is -0.670. The summed E-state index contributed by atoms with van der Waals surface area (Å²) < 4.78 is 0. The monoisotopic (exact) mass is 357 g/mol. The molecule has 0 atom stereocenters. The molecule has 0 fully saturated rings. The van der Waals surface area contributed by atoms with Gasteiger partial charge in [0.25, 0.3) is 0 Å². The fourth-order valence-corrected chi connectivity index (χ4v) is 2.80. The molecule has 0 amide bonds. The van der Waals surface area contributed by atoms with Gasteiger partial charge in [-0.2, -0.15) is 0 Å². The van der Waals surface area contributed by atoms with Crippen LogP contribution in [0.4, 0.5) is 0 Å². The van der Waals surface area contributed by atoms with Gasteiger partial charge in [-0.1, -0.05) is 97.3 Å². The van der Waals surface area contributed by atoms with Crippen LogP contribution in [0.2, 0.25) is 0 Å². The maximum Gasteiger partial charge on any atom is 0.303 e. The van der Waals surface area contributed by atoms with Crippen LogP contribution in [-0.2, 0) is 4.79 Å². The number of aliphatic carboxylic acids is 1. The Hall–Kier alpha value is -0.570. The van der Waals surface area contributed by atoms with Crippen molar-refractivity contribution in [3.05, 3.63) is 0 Å². The number of hydrogen-bond donors (Lipinski definition) is 1. The Labute approximate surface area is 158 Å². The first-order chi connectivity index (χ1) is 12.0. The smallest absolute Gasteiger partial charge is 0.303 e. The van der Waals surface area contributed by atoms with Crippen LogP contribution >= 0.6 is 0 Å². The third-order valence-electron chi connectivity index (χ3n) is 4.45. The van der Waals surface area contributed by atoms with Crippen LogP contribution < -0.4 is 0 Å². The fraction of sp³-hybridized carbons (Fsp3) is 0.955. The first-order valence-electron chi connectivity index (χ1n) is 10.9. The van der Waals surface area contributed by atoms with E-state index in [-0.39, 0.29) is 0 Å². The van der Waals surface area contributed by atoms with Gasteiger partial charge in [-0.15, -0.1) is 0 Å². The summed E-state index contributed by atoms with van der Waals surface area (Å²) in [5, 5.41) is 8.27. The van der Waals surface area contributed by atoms with E-state index >= 15 is 0 Å². The van der Waals surface area contributed by atoms with Crippen LogP contribution in [0.5, 0.6) is 0 Å². The van der Waals surface area contributed by atoms with Crippen molar-refractivity contribution in [2.45, 2.75) is 117 Å². The van der Waals surface area contributed by atoms with Crippen LogP contribution in [-0.4, -0.2) is 36.6 Å². The maximum absolute atomic E-state index is 10.0. The molecule has 152 valence electrons. The van der Waals surface area contributed by atoms with Crippen molar-refractivity contribution in [1.82, 2.24) is 4.90 Å². The molecule has 0 aliphatic carbocycles. The van der Waals surface area contributed by atoms with Crippen LogP contribution in [0.25, 0.3) is 0 Å². The Bertz CT molecular complexity index is 254. The van der Waals surface area contributed by atoms with Crippen LogP contribution in [0.15, 0.2) is 0 Å². The number of unbranched alkanes of at least 4 members (excludes halogenated alkanes) is 13. The van der Waals surface area contributed by atoms with Gasteiger partial charge < -0.3 is 10.0 Å². The summed E-state index contributed by atoms with van der Waals surface area (Å²) in [7, 11) is 4.32. The zero-order chi connectivity index (χ0) is 19.2. The number of carbonyl (C=O) groups is 1. The van der Waals surface area contributed by atoms with Gasteiger partial charge in [0.15, 0.2) is 0 Å². The molecule has 0 aromatic heterocycles. The summed E-state index contributed by atoms with van der Waals surface area (Å²) in [6.45, 7) is 5.69. The van der Waals surface area contributed by atoms with E-state index in [2.05, 4.69) is 32.8 Å². The number of rotatable bonds is 17. The van der Waals surface area contributed by atoms with Gasteiger partial charge in [-0.05, 0) is 33.5 Å². The van der Waals surface area contributed by atoms with Gasteiger partial charge in [-0.25, -0.2) is 0 Å². The van der Waals surface area contributed by atoms with Gasteiger partial charge in [0, 0.05) is 6.42 Å². The molecule has 0 bridgehead atoms. The lowest BCUT2D eigenvalue weighted by Crippen LogP contribution is -2.12. The number of hydrogen-bond acceptors (Lipinski definition) is 2. The highest BCUT2D eigenvalue weighted by Crippen LogP contribution is 2.10. The lowest BCUT2D eigenvalue weighted by molar-refractivity contribution is -0.137. The maximum atomic E-state index is 10.0. The Morgan fingerprint density at radius 1 is 0.640 bits per heavy atom. The van der Waals surface area contributed by atoms with E-state index in [1.807, 2.05) is 0 Å². The van der Waals surface area contributed by atoms with E-state index in [9.17, 15) is 4.79 Å². The average Bonchev–Trinajstić information content (AvgIpc) is 2.56. The highest BCUT2D eigenvalue weighted by atomic mass is 16.4. The quantitative estimate of drug-likeness (QED) is 0.288. The minimum atomic E-state index is -0.670. The van der Waals surface area contributed by atoms with Crippen molar-refractivity contribution < 1.29 is 9.90 Å². The number of nitrogens with zero attached hydrogens (tertiary/aromatic N) is 1. The summed E-state index contributed by atoms with van der Waals surface area (Å²) in [6.07, 6.45) is 20.2. The van der Waals surface area contributed by atoms with E-state index in [0.717, 1.165) is 12.8 Å². The largest absolute Gasteiger partial charge is 0.481 e. The van der Waals surface area contributed by atoms with Gasteiger partial charge in [0.2, 0.25) is 0 Å². The molecule has 0 aliphatic heterocycles. The second-order valence-corrected chi connectivity index (χ2v) is 7.54. The third-order valence-corrected chi connectivity index (χ3v) is 4.45. The zero-order valence-electron chi connectivity index (χ0n) is 17.8. The third kappa shape index (κ3) is 31.7. The second-order valence-electron chi connectivity index (χ2n) is 7.54. The van der Waals surface area contributed by atoms with Gasteiger partial charge >= 0.3 is 5.97 Å². The van der Waals surface area contributed by atoms with E-state index in [1.54, 1.807) is 0 Å². The zero-order valence-corrected chi connectivity index (χ0v) is 17.8. The molecular formula is C22H47NO2. The predicted octanol–water partition coefficient (Wildman–Crippen LogP) is 6.90. The Balaban J connectivity index is 0. The fourth-order valence-electron chi connectivity index (χ4n) is 2.80. The molecule has 0 spiro atoms. The Kier molecular flexibility index (Phi) is 25.0.